The molecule has 0 saturated carbocycles. The standard InChI is InChI=1S/C15H21N3O3S/c19-15(12-5-7-16-8-6-12)17-13-3-1-4-14(11-13)18-9-2-10-22(18,20)21/h1,3-4,11-12,16H,2,5-10H2,(H,17,19). The van der Waals surface area contributed by atoms with Crippen molar-refractivity contribution in [3.05, 3.63) is 24.3 Å². The van der Waals surface area contributed by atoms with Crippen LogP contribution in [0.25, 0.3) is 0 Å². The molecule has 2 saturated heterocycles. The predicted octanol–water partition coefficient (Wildman–Crippen LogP) is 1.16. The van der Waals surface area contributed by atoms with Crippen LogP contribution in [-0.4, -0.2) is 39.7 Å². The Balaban J connectivity index is 1.72. The van der Waals surface area contributed by atoms with Gasteiger partial charge in [-0.2, -0.15) is 0 Å². The van der Waals surface area contributed by atoms with Gasteiger partial charge < -0.3 is 10.6 Å². The first-order valence-corrected chi connectivity index (χ1v) is 9.29. The van der Waals surface area contributed by atoms with E-state index >= 15 is 0 Å². The zero-order valence-corrected chi connectivity index (χ0v) is 13.2. The molecule has 2 aliphatic heterocycles. The molecule has 0 unspecified atom stereocenters. The van der Waals surface area contributed by atoms with Crippen molar-refractivity contribution in [2.45, 2.75) is 19.3 Å². The van der Waals surface area contributed by atoms with E-state index in [2.05, 4.69) is 10.6 Å². The van der Waals surface area contributed by atoms with Gasteiger partial charge in [0.05, 0.1) is 11.4 Å². The molecule has 0 bridgehead atoms. The first-order chi connectivity index (χ1) is 10.6. The maximum atomic E-state index is 12.3. The molecule has 120 valence electrons. The summed E-state index contributed by atoms with van der Waals surface area (Å²) in [6.45, 7) is 2.24. The smallest absolute Gasteiger partial charge is 0.235 e. The van der Waals surface area contributed by atoms with Crippen LogP contribution in [0.15, 0.2) is 24.3 Å². The normalized spacial score (nSPS) is 21.7. The highest BCUT2D eigenvalue weighted by molar-refractivity contribution is 7.93. The second-order valence-corrected chi connectivity index (χ2v) is 7.82. The Bertz CT molecular complexity index is 654. The Morgan fingerprint density at radius 1 is 1.27 bits per heavy atom. The van der Waals surface area contributed by atoms with Gasteiger partial charge in [-0.05, 0) is 50.6 Å². The van der Waals surface area contributed by atoms with E-state index in [4.69, 9.17) is 0 Å². The highest BCUT2D eigenvalue weighted by atomic mass is 32.2. The lowest BCUT2D eigenvalue weighted by Gasteiger charge is -2.22. The lowest BCUT2D eigenvalue weighted by molar-refractivity contribution is -0.120. The second kappa shape index (κ2) is 6.26. The Labute approximate surface area is 130 Å². The number of hydrogen-bond acceptors (Lipinski definition) is 4. The lowest BCUT2D eigenvalue weighted by Crippen LogP contribution is -2.34. The van der Waals surface area contributed by atoms with Crippen LogP contribution in [0.4, 0.5) is 11.4 Å². The molecule has 7 heteroatoms. The van der Waals surface area contributed by atoms with Crippen LogP contribution in [0.3, 0.4) is 0 Å². The molecule has 0 atom stereocenters. The Morgan fingerprint density at radius 2 is 2.05 bits per heavy atom. The van der Waals surface area contributed by atoms with Crippen molar-refractivity contribution in [2.75, 3.05) is 35.0 Å². The number of nitrogens with one attached hydrogen (secondary N) is 2. The minimum absolute atomic E-state index is 0.0166. The van der Waals surface area contributed by atoms with Crippen molar-refractivity contribution < 1.29 is 13.2 Å². The van der Waals surface area contributed by atoms with Crippen LogP contribution >= 0.6 is 0 Å². The average Bonchev–Trinajstić information content (AvgIpc) is 2.88. The van der Waals surface area contributed by atoms with Crippen molar-refractivity contribution in [3.8, 4) is 0 Å². The van der Waals surface area contributed by atoms with Gasteiger partial charge in [-0.3, -0.25) is 9.10 Å². The number of rotatable bonds is 3. The minimum Gasteiger partial charge on any atom is -0.326 e. The summed E-state index contributed by atoms with van der Waals surface area (Å²) in [7, 11) is -3.19. The summed E-state index contributed by atoms with van der Waals surface area (Å²) in [5.74, 6) is 0.238. The highest BCUT2D eigenvalue weighted by Crippen LogP contribution is 2.27. The van der Waals surface area contributed by atoms with Crippen LogP contribution in [0.1, 0.15) is 19.3 Å². The van der Waals surface area contributed by atoms with Crippen molar-refractivity contribution in [1.82, 2.24) is 5.32 Å². The van der Waals surface area contributed by atoms with E-state index in [1.807, 2.05) is 0 Å². The number of hydrogen-bond donors (Lipinski definition) is 2. The van der Waals surface area contributed by atoms with Crippen molar-refractivity contribution in [2.24, 2.45) is 5.92 Å². The number of carbonyl (C=O) groups is 1. The van der Waals surface area contributed by atoms with E-state index in [0.29, 0.717) is 24.3 Å². The van der Waals surface area contributed by atoms with Crippen LogP contribution in [-0.2, 0) is 14.8 Å². The summed E-state index contributed by atoms with van der Waals surface area (Å²) in [6.07, 6.45) is 2.33. The van der Waals surface area contributed by atoms with Gasteiger partial charge in [0.1, 0.15) is 0 Å². The zero-order valence-electron chi connectivity index (χ0n) is 12.4. The molecule has 0 aliphatic carbocycles. The molecule has 22 heavy (non-hydrogen) atoms. The number of benzene rings is 1. The molecule has 2 fully saturated rings. The van der Waals surface area contributed by atoms with Crippen molar-refractivity contribution >= 4 is 27.3 Å². The summed E-state index contributed by atoms with van der Waals surface area (Å²) in [4.78, 5) is 12.3. The first-order valence-electron chi connectivity index (χ1n) is 7.68. The fraction of sp³-hybridized carbons (Fsp3) is 0.533. The first kappa shape index (κ1) is 15.3. The van der Waals surface area contributed by atoms with Crippen LogP contribution < -0.4 is 14.9 Å². The van der Waals surface area contributed by atoms with E-state index in [0.717, 1.165) is 25.9 Å². The van der Waals surface area contributed by atoms with Crippen molar-refractivity contribution in [3.63, 3.8) is 0 Å². The predicted molar refractivity (Wildman–Crippen MR) is 86.4 cm³/mol. The van der Waals surface area contributed by atoms with E-state index in [-0.39, 0.29) is 17.6 Å². The molecule has 0 aromatic heterocycles. The van der Waals surface area contributed by atoms with E-state index in [9.17, 15) is 13.2 Å². The topological polar surface area (TPSA) is 78.5 Å². The maximum absolute atomic E-state index is 12.3. The van der Waals surface area contributed by atoms with Crippen molar-refractivity contribution in [1.29, 1.82) is 0 Å². The molecule has 2 heterocycles. The van der Waals surface area contributed by atoms with E-state index in [1.54, 1.807) is 24.3 Å². The third-order valence-corrected chi connectivity index (χ3v) is 6.08. The van der Waals surface area contributed by atoms with E-state index < -0.39 is 10.0 Å². The fourth-order valence-electron chi connectivity index (χ4n) is 3.00. The molecule has 1 amide bonds. The summed E-state index contributed by atoms with van der Waals surface area (Å²) in [6, 6.07) is 7.08. The summed E-state index contributed by atoms with van der Waals surface area (Å²) in [5, 5.41) is 6.15. The summed E-state index contributed by atoms with van der Waals surface area (Å²) < 4.78 is 25.4. The molecule has 6 nitrogen and oxygen atoms in total. The number of nitrogens with zero attached hydrogens (tertiary/aromatic N) is 1. The number of carbonyl (C=O) groups excluding carboxylic acids is 1. The Kier molecular flexibility index (Phi) is 4.35. The molecular weight excluding hydrogens is 302 g/mol. The van der Waals surface area contributed by atoms with Gasteiger partial charge in [0.25, 0.3) is 0 Å². The second-order valence-electron chi connectivity index (χ2n) is 5.81. The monoisotopic (exact) mass is 323 g/mol. The van der Waals surface area contributed by atoms with Crippen LogP contribution in [0.2, 0.25) is 0 Å². The molecule has 3 rings (SSSR count). The van der Waals surface area contributed by atoms with E-state index in [1.165, 1.54) is 4.31 Å². The molecule has 2 aliphatic rings. The Morgan fingerprint density at radius 3 is 2.73 bits per heavy atom. The quantitative estimate of drug-likeness (QED) is 0.875. The lowest BCUT2D eigenvalue weighted by atomic mass is 9.97. The maximum Gasteiger partial charge on any atom is 0.235 e. The van der Waals surface area contributed by atoms with Crippen LogP contribution in [0.5, 0.6) is 0 Å². The fourth-order valence-corrected chi connectivity index (χ4v) is 4.55. The Hall–Kier alpha value is -1.60. The van der Waals surface area contributed by atoms with Gasteiger partial charge in [-0.15, -0.1) is 0 Å². The number of amides is 1. The number of sulfonamides is 1. The van der Waals surface area contributed by atoms with Gasteiger partial charge in [-0.25, -0.2) is 8.42 Å². The van der Waals surface area contributed by atoms with Gasteiger partial charge >= 0.3 is 0 Å². The minimum atomic E-state index is -3.19. The SMILES string of the molecule is O=C(Nc1cccc(N2CCCS2(=O)=O)c1)C1CCNCC1. The molecule has 1 aromatic carbocycles. The molecule has 1 aromatic rings. The average molecular weight is 323 g/mol. The largest absolute Gasteiger partial charge is 0.326 e. The van der Waals surface area contributed by atoms with Gasteiger partial charge in [0.2, 0.25) is 15.9 Å². The molecule has 2 N–H and O–H groups in total. The third-order valence-electron chi connectivity index (χ3n) is 4.21. The van der Waals surface area contributed by atoms with Crippen LogP contribution in [0, 0.1) is 5.92 Å². The molecular formula is C15H21N3O3S. The summed E-state index contributed by atoms with van der Waals surface area (Å²) in [5.41, 5.74) is 1.28. The highest BCUT2D eigenvalue weighted by Gasteiger charge is 2.28. The third kappa shape index (κ3) is 3.25. The summed E-state index contributed by atoms with van der Waals surface area (Å²) >= 11 is 0. The zero-order chi connectivity index (χ0) is 15.6. The van der Waals surface area contributed by atoms with Gasteiger partial charge in [0.15, 0.2) is 0 Å². The number of anilines is 2. The molecule has 0 radical (unpaired) electrons. The van der Waals surface area contributed by atoms with Gasteiger partial charge in [-0.1, -0.05) is 6.07 Å². The van der Waals surface area contributed by atoms with Gasteiger partial charge in [0, 0.05) is 18.2 Å². The molecule has 0 spiro atoms. The number of piperidine rings is 1.